The lowest BCUT2D eigenvalue weighted by Gasteiger charge is -2.13. The van der Waals surface area contributed by atoms with Gasteiger partial charge in [-0.1, -0.05) is 60.4 Å². The molecule has 2 N–H and O–H groups in total. The third kappa shape index (κ3) is 4.48. The Morgan fingerprint density at radius 1 is 1.10 bits per heavy atom. The molecule has 0 atom stereocenters. The molecule has 0 aliphatic carbocycles. The largest absolute Gasteiger partial charge is 0.296 e. The van der Waals surface area contributed by atoms with Crippen molar-refractivity contribution in [1.29, 1.82) is 0 Å². The molecule has 30 heavy (non-hydrogen) atoms. The lowest BCUT2D eigenvalue weighted by molar-refractivity contribution is 0.102. The van der Waals surface area contributed by atoms with Crippen LogP contribution < -0.4 is 10.0 Å². The highest BCUT2D eigenvalue weighted by molar-refractivity contribution is 8.01. The van der Waals surface area contributed by atoms with Crippen LogP contribution in [-0.4, -0.2) is 30.3 Å². The van der Waals surface area contributed by atoms with Crippen LogP contribution in [0.4, 0.5) is 10.8 Å². The van der Waals surface area contributed by atoms with Gasteiger partial charge < -0.3 is 0 Å². The highest BCUT2D eigenvalue weighted by atomic mass is 32.2. The van der Waals surface area contributed by atoms with Gasteiger partial charge in [0, 0.05) is 0 Å². The summed E-state index contributed by atoms with van der Waals surface area (Å²) in [4.78, 5) is 13.0. The fourth-order valence-corrected chi connectivity index (χ4v) is 6.44. The average molecular weight is 477 g/mol. The van der Waals surface area contributed by atoms with Crippen LogP contribution in [0.3, 0.4) is 0 Å². The van der Waals surface area contributed by atoms with Gasteiger partial charge in [-0.15, -0.1) is 21.5 Å². The quantitative estimate of drug-likeness (QED) is 0.290. The molecule has 0 unspecified atom stereocenters. The third-order valence-corrected chi connectivity index (χ3v) is 8.65. The van der Waals surface area contributed by atoms with Crippen molar-refractivity contribution in [2.45, 2.75) is 15.5 Å². The zero-order chi connectivity index (χ0) is 21.1. The van der Waals surface area contributed by atoms with Gasteiger partial charge >= 0.3 is 0 Å². The second kappa shape index (κ2) is 8.72. The van der Waals surface area contributed by atoms with Crippen LogP contribution in [0.15, 0.2) is 62.5 Å². The molecule has 2 heterocycles. The molecule has 4 rings (SSSR count). The molecule has 0 radical (unpaired) electrons. The first-order valence-electron chi connectivity index (χ1n) is 8.83. The number of nitrogens with zero attached hydrogens (tertiary/aromatic N) is 2. The molecular weight excluding hydrogens is 461 g/mol. The summed E-state index contributed by atoms with van der Waals surface area (Å²) in [6, 6.07) is 13.9. The number of sulfonamides is 1. The van der Waals surface area contributed by atoms with Crippen molar-refractivity contribution in [2.75, 3.05) is 15.8 Å². The van der Waals surface area contributed by atoms with Crippen molar-refractivity contribution in [2.24, 2.45) is 0 Å². The summed E-state index contributed by atoms with van der Waals surface area (Å²) in [7, 11) is -3.81. The Morgan fingerprint density at radius 3 is 2.57 bits per heavy atom. The van der Waals surface area contributed by atoms with Crippen molar-refractivity contribution >= 4 is 72.0 Å². The Hall–Kier alpha value is -2.47. The standard InChI is InChI=1S/C19H16N4O3S4/c1-2-27-19-22-21-18(29-19)20-17(24)14-10-12-6-3-4-7-13(12)11-15(14)23-30(25,26)16-8-5-9-28-16/h3-11,23H,2H2,1H3,(H,20,21,24). The molecule has 2 aromatic heterocycles. The van der Waals surface area contributed by atoms with Crippen molar-refractivity contribution in [3.8, 4) is 0 Å². The van der Waals surface area contributed by atoms with Gasteiger partial charge in [-0.3, -0.25) is 14.8 Å². The minimum atomic E-state index is -3.81. The van der Waals surface area contributed by atoms with Crippen molar-refractivity contribution in [3.05, 3.63) is 59.5 Å². The highest BCUT2D eigenvalue weighted by Gasteiger charge is 2.21. The van der Waals surface area contributed by atoms with Gasteiger partial charge in [-0.05, 0) is 40.1 Å². The van der Waals surface area contributed by atoms with Crippen LogP contribution in [0.2, 0.25) is 0 Å². The van der Waals surface area contributed by atoms with Gasteiger partial charge in [0.15, 0.2) is 4.34 Å². The molecule has 0 saturated heterocycles. The zero-order valence-electron chi connectivity index (χ0n) is 15.7. The molecule has 0 saturated carbocycles. The Kier molecular flexibility index (Phi) is 6.04. The molecule has 0 spiro atoms. The lowest BCUT2D eigenvalue weighted by atomic mass is 10.0. The van der Waals surface area contributed by atoms with E-state index in [9.17, 15) is 13.2 Å². The van der Waals surface area contributed by atoms with E-state index in [1.54, 1.807) is 23.6 Å². The number of thioether (sulfide) groups is 1. The Morgan fingerprint density at radius 2 is 1.87 bits per heavy atom. The van der Waals surface area contributed by atoms with Gasteiger partial charge in [-0.2, -0.15) is 0 Å². The third-order valence-electron chi connectivity index (χ3n) is 4.03. The molecule has 154 valence electrons. The van der Waals surface area contributed by atoms with Gasteiger partial charge in [0.2, 0.25) is 5.13 Å². The molecule has 7 nitrogen and oxygen atoms in total. The maximum absolute atomic E-state index is 13.0. The summed E-state index contributed by atoms with van der Waals surface area (Å²) >= 11 is 3.91. The first-order valence-corrected chi connectivity index (χ1v) is 13.0. The fourth-order valence-electron chi connectivity index (χ4n) is 2.73. The second-order valence-corrected chi connectivity index (χ2v) is 11.4. The van der Waals surface area contributed by atoms with Crippen LogP contribution >= 0.6 is 34.4 Å². The molecule has 4 aromatic rings. The summed E-state index contributed by atoms with van der Waals surface area (Å²) in [5, 5.41) is 14.4. The minimum absolute atomic E-state index is 0.173. The predicted molar refractivity (Wildman–Crippen MR) is 123 cm³/mol. The average Bonchev–Trinajstić information content (AvgIpc) is 3.40. The summed E-state index contributed by atoms with van der Waals surface area (Å²) in [6.07, 6.45) is 0. The molecule has 11 heteroatoms. The van der Waals surface area contributed by atoms with Crippen molar-refractivity contribution in [1.82, 2.24) is 10.2 Å². The Balaban J connectivity index is 1.71. The number of rotatable bonds is 7. The SMILES string of the molecule is CCSc1nnc(NC(=O)c2cc3ccccc3cc2NS(=O)(=O)c2cccs2)s1. The molecular formula is C19H16N4O3S4. The van der Waals surface area contributed by atoms with Crippen LogP contribution in [0, 0.1) is 0 Å². The van der Waals surface area contributed by atoms with E-state index in [-0.39, 0.29) is 15.5 Å². The molecule has 1 amide bonds. The first-order chi connectivity index (χ1) is 14.5. The van der Waals surface area contributed by atoms with E-state index in [1.807, 2.05) is 31.2 Å². The summed E-state index contributed by atoms with van der Waals surface area (Å²) in [5.74, 6) is 0.385. The number of nitrogens with one attached hydrogen (secondary N) is 2. The number of anilines is 2. The number of carbonyl (C=O) groups excluding carboxylic acids is 1. The fraction of sp³-hybridized carbons (Fsp3) is 0.105. The van der Waals surface area contributed by atoms with Gasteiger partial charge in [0.05, 0.1) is 11.3 Å². The van der Waals surface area contributed by atoms with Crippen molar-refractivity contribution in [3.63, 3.8) is 0 Å². The summed E-state index contributed by atoms with van der Waals surface area (Å²) in [5.41, 5.74) is 0.404. The lowest BCUT2D eigenvalue weighted by Crippen LogP contribution is -2.18. The maximum Gasteiger partial charge on any atom is 0.271 e. The Labute approximate surface area is 185 Å². The molecule has 0 bridgehead atoms. The van der Waals surface area contributed by atoms with E-state index in [0.29, 0.717) is 5.13 Å². The van der Waals surface area contributed by atoms with E-state index >= 15 is 0 Å². The van der Waals surface area contributed by atoms with E-state index in [2.05, 4.69) is 20.2 Å². The summed E-state index contributed by atoms with van der Waals surface area (Å²) < 4.78 is 29.0. The topological polar surface area (TPSA) is 101 Å². The molecule has 0 fully saturated rings. The normalized spacial score (nSPS) is 11.5. The minimum Gasteiger partial charge on any atom is -0.296 e. The van der Waals surface area contributed by atoms with E-state index in [0.717, 1.165) is 32.2 Å². The van der Waals surface area contributed by atoms with Crippen LogP contribution in [0.5, 0.6) is 0 Å². The number of hydrogen-bond acceptors (Lipinski definition) is 8. The number of fused-ring (bicyclic) bond motifs is 1. The summed E-state index contributed by atoms with van der Waals surface area (Å²) in [6.45, 7) is 2.01. The van der Waals surface area contributed by atoms with E-state index in [4.69, 9.17) is 0 Å². The second-order valence-electron chi connectivity index (χ2n) is 6.04. The number of aromatic nitrogens is 2. The Bertz CT molecular complexity index is 1300. The first kappa shape index (κ1) is 20.8. The van der Waals surface area contributed by atoms with Gasteiger partial charge in [-0.25, -0.2) is 8.42 Å². The van der Waals surface area contributed by atoms with Crippen LogP contribution in [-0.2, 0) is 10.0 Å². The number of thiophene rings is 1. The van der Waals surface area contributed by atoms with Gasteiger partial charge in [0.1, 0.15) is 4.21 Å². The smallest absolute Gasteiger partial charge is 0.271 e. The van der Waals surface area contributed by atoms with Crippen LogP contribution in [0.25, 0.3) is 10.8 Å². The number of amides is 1. The van der Waals surface area contributed by atoms with Crippen LogP contribution in [0.1, 0.15) is 17.3 Å². The van der Waals surface area contributed by atoms with E-state index < -0.39 is 15.9 Å². The number of hydrogen-bond donors (Lipinski definition) is 2. The molecule has 0 aliphatic heterocycles. The molecule has 0 aliphatic rings. The van der Waals surface area contributed by atoms with Crippen molar-refractivity contribution < 1.29 is 13.2 Å². The monoisotopic (exact) mass is 476 g/mol. The van der Waals surface area contributed by atoms with Gasteiger partial charge in [0.25, 0.3) is 15.9 Å². The number of carbonyl (C=O) groups is 1. The maximum atomic E-state index is 13.0. The zero-order valence-corrected chi connectivity index (χ0v) is 18.9. The molecule has 2 aromatic carbocycles. The number of benzene rings is 2. The van der Waals surface area contributed by atoms with E-state index in [1.165, 1.54) is 29.2 Å². The predicted octanol–water partition coefficient (Wildman–Crippen LogP) is 4.92. The highest BCUT2D eigenvalue weighted by Crippen LogP contribution is 2.30.